The van der Waals surface area contributed by atoms with E-state index in [2.05, 4.69) is 0 Å². The predicted molar refractivity (Wildman–Crippen MR) is 63.7 cm³/mol. The second-order valence-corrected chi connectivity index (χ2v) is 3.70. The molecule has 0 saturated heterocycles. The molecule has 18 heavy (non-hydrogen) atoms. The molecule has 2 nitrogen and oxygen atoms in total. The highest BCUT2D eigenvalue weighted by molar-refractivity contribution is 5.87. The number of methoxy groups -OCH3 is 1. The Balaban J connectivity index is 2.54. The maximum atomic E-state index is 13.2. The van der Waals surface area contributed by atoms with Crippen molar-refractivity contribution >= 4 is 6.29 Å². The van der Waals surface area contributed by atoms with Gasteiger partial charge in [0.25, 0.3) is 0 Å². The molecule has 0 heterocycles. The number of ether oxygens (including phenoxy) is 1. The van der Waals surface area contributed by atoms with Gasteiger partial charge in [0.05, 0.1) is 7.11 Å². The molecule has 2 rings (SSSR count). The van der Waals surface area contributed by atoms with Gasteiger partial charge in [0.1, 0.15) is 5.75 Å². The van der Waals surface area contributed by atoms with Crippen molar-refractivity contribution in [2.24, 2.45) is 0 Å². The zero-order valence-electron chi connectivity index (χ0n) is 9.61. The Bertz CT molecular complexity index is 577. The molecular formula is C14H10F2O2. The van der Waals surface area contributed by atoms with E-state index in [1.807, 2.05) is 0 Å². The van der Waals surface area contributed by atoms with Crippen LogP contribution in [0.25, 0.3) is 11.1 Å². The number of halogens is 2. The number of aldehydes is 1. The van der Waals surface area contributed by atoms with Crippen LogP contribution >= 0.6 is 0 Å². The van der Waals surface area contributed by atoms with Crippen LogP contribution in [0, 0.1) is 11.6 Å². The summed E-state index contributed by atoms with van der Waals surface area (Å²) in [5.41, 5.74) is 1.09. The van der Waals surface area contributed by atoms with Gasteiger partial charge in [0.15, 0.2) is 17.9 Å². The minimum atomic E-state index is -1.03. The third-order valence-corrected chi connectivity index (χ3v) is 2.62. The van der Waals surface area contributed by atoms with E-state index in [9.17, 15) is 13.6 Å². The molecule has 0 saturated carbocycles. The fraction of sp³-hybridized carbons (Fsp3) is 0.0714. The Hall–Kier alpha value is -2.23. The van der Waals surface area contributed by atoms with Crippen molar-refractivity contribution < 1.29 is 18.3 Å². The van der Waals surface area contributed by atoms with Crippen LogP contribution in [-0.2, 0) is 0 Å². The molecule has 4 heteroatoms. The highest BCUT2D eigenvalue weighted by Crippen LogP contribution is 2.27. The summed E-state index contributed by atoms with van der Waals surface area (Å²) in [6.07, 6.45) is 0.502. The average molecular weight is 248 g/mol. The molecule has 0 radical (unpaired) electrons. The monoisotopic (exact) mass is 248 g/mol. The summed E-state index contributed by atoms with van der Waals surface area (Å²) in [4.78, 5) is 10.9. The maximum absolute atomic E-state index is 13.2. The molecule has 0 aliphatic heterocycles. The molecule has 0 aliphatic carbocycles. The molecule has 0 atom stereocenters. The van der Waals surface area contributed by atoms with Gasteiger partial charge >= 0.3 is 0 Å². The minimum Gasteiger partial charge on any atom is -0.497 e. The lowest BCUT2D eigenvalue weighted by atomic mass is 10.00. The lowest BCUT2D eigenvalue weighted by Gasteiger charge is -2.07. The summed E-state index contributed by atoms with van der Waals surface area (Å²) in [6, 6.07) is 8.64. The maximum Gasteiger partial charge on any atom is 0.159 e. The van der Waals surface area contributed by atoms with Gasteiger partial charge in [-0.25, -0.2) is 8.78 Å². The van der Waals surface area contributed by atoms with Crippen LogP contribution in [0.4, 0.5) is 8.78 Å². The van der Waals surface area contributed by atoms with Crippen LogP contribution in [0.15, 0.2) is 36.4 Å². The van der Waals surface area contributed by atoms with Gasteiger partial charge in [-0.2, -0.15) is 0 Å². The van der Waals surface area contributed by atoms with E-state index < -0.39 is 11.6 Å². The van der Waals surface area contributed by atoms with Gasteiger partial charge in [-0.3, -0.25) is 4.79 Å². The third kappa shape index (κ3) is 2.22. The van der Waals surface area contributed by atoms with Crippen molar-refractivity contribution in [3.63, 3.8) is 0 Å². The molecule has 0 N–H and O–H groups in total. The Morgan fingerprint density at radius 1 is 1.06 bits per heavy atom. The van der Waals surface area contributed by atoms with E-state index in [0.29, 0.717) is 23.2 Å². The van der Waals surface area contributed by atoms with E-state index in [4.69, 9.17) is 4.74 Å². The van der Waals surface area contributed by atoms with Crippen LogP contribution in [-0.4, -0.2) is 13.4 Å². The topological polar surface area (TPSA) is 26.3 Å². The van der Waals surface area contributed by atoms with Gasteiger partial charge in [-0.1, -0.05) is 12.1 Å². The SMILES string of the molecule is COc1ccc(-c2cc(F)c(F)cc2C=O)cc1. The quantitative estimate of drug-likeness (QED) is 0.777. The van der Waals surface area contributed by atoms with Crippen molar-refractivity contribution in [1.29, 1.82) is 0 Å². The number of hydrogen-bond acceptors (Lipinski definition) is 2. The van der Waals surface area contributed by atoms with Gasteiger partial charge in [0.2, 0.25) is 0 Å². The van der Waals surface area contributed by atoms with E-state index in [0.717, 1.165) is 12.1 Å². The third-order valence-electron chi connectivity index (χ3n) is 2.62. The van der Waals surface area contributed by atoms with Crippen LogP contribution in [0.3, 0.4) is 0 Å². The molecule has 0 bridgehead atoms. The lowest BCUT2D eigenvalue weighted by molar-refractivity contribution is 0.112. The molecule has 0 fully saturated rings. The van der Waals surface area contributed by atoms with Crippen LogP contribution < -0.4 is 4.74 Å². The predicted octanol–water partition coefficient (Wildman–Crippen LogP) is 3.45. The van der Waals surface area contributed by atoms with Crippen molar-refractivity contribution in [2.75, 3.05) is 7.11 Å². The van der Waals surface area contributed by atoms with Crippen LogP contribution in [0.2, 0.25) is 0 Å². The van der Waals surface area contributed by atoms with E-state index in [-0.39, 0.29) is 5.56 Å². The van der Waals surface area contributed by atoms with Crippen molar-refractivity contribution in [3.8, 4) is 16.9 Å². The summed E-state index contributed by atoms with van der Waals surface area (Å²) in [7, 11) is 1.53. The number of rotatable bonds is 3. The molecule has 0 aromatic heterocycles. The number of carbonyl (C=O) groups excluding carboxylic acids is 1. The smallest absolute Gasteiger partial charge is 0.159 e. The molecule has 2 aromatic rings. The first kappa shape index (κ1) is 12.2. The summed E-state index contributed by atoms with van der Waals surface area (Å²) in [5, 5.41) is 0. The Morgan fingerprint density at radius 2 is 1.67 bits per heavy atom. The number of hydrogen-bond donors (Lipinski definition) is 0. The van der Waals surface area contributed by atoms with Gasteiger partial charge in [-0.05, 0) is 35.4 Å². The summed E-state index contributed by atoms with van der Waals surface area (Å²) >= 11 is 0. The van der Waals surface area contributed by atoms with Gasteiger partial charge in [0, 0.05) is 5.56 Å². The second kappa shape index (κ2) is 4.96. The normalized spacial score (nSPS) is 10.2. The largest absolute Gasteiger partial charge is 0.497 e. The Morgan fingerprint density at radius 3 is 2.22 bits per heavy atom. The molecule has 0 spiro atoms. The zero-order chi connectivity index (χ0) is 13.1. The highest BCUT2D eigenvalue weighted by atomic mass is 19.2. The summed E-state index contributed by atoms with van der Waals surface area (Å²) in [5.74, 6) is -1.37. The lowest BCUT2D eigenvalue weighted by Crippen LogP contribution is -1.93. The Labute approximate surface area is 103 Å². The van der Waals surface area contributed by atoms with Crippen molar-refractivity contribution in [1.82, 2.24) is 0 Å². The molecular weight excluding hydrogens is 238 g/mol. The highest BCUT2D eigenvalue weighted by Gasteiger charge is 2.11. The summed E-state index contributed by atoms with van der Waals surface area (Å²) < 4.78 is 31.2. The molecule has 0 amide bonds. The fourth-order valence-corrected chi connectivity index (χ4v) is 1.68. The van der Waals surface area contributed by atoms with Crippen molar-refractivity contribution in [2.45, 2.75) is 0 Å². The molecule has 2 aromatic carbocycles. The first-order valence-corrected chi connectivity index (χ1v) is 5.24. The molecule has 92 valence electrons. The molecule has 0 unspecified atom stereocenters. The number of benzene rings is 2. The van der Waals surface area contributed by atoms with Crippen LogP contribution in [0.1, 0.15) is 10.4 Å². The van der Waals surface area contributed by atoms with E-state index in [1.54, 1.807) is 24.3 Å². The zero-order valence-corrected chi connectivity index (χ0v) is 9.61. The second-order valence-electron chi connectivity index (χ2n) is 3.70. The first-order valence-electron chi connectivity index (χ1n) is 5.24. The molecule has 0 aliphatic rings. The van der Waals surface area contributed by atoms with E-state index in [1.165, 1.54) is 7.11 Å². The minimum absolute atomic E-state index is 0.110. The fourth-order valence-electron chi connectivity index (χ4n) is 1.68. The van der Waals surface area contributed by atoms with Gasteiger partial charge in [-0.15, -0.1) is 0 Å². The van der Waals surface area contributed by atoms with Crippen molar-refractivity contribution in [3.05, 3.63) is 53.6 Å². The van der Waals surface area contributed by atoms with Crippen LogP contribution in [0.5, 0.6) is 5.75 Å². The van der Waals surface area contributed by atoms with E-state index >= 15 is 0 Å². The summed E-state index contributed by atoms with van der Waals surface area (Å²) in [6.45, 7) is 0. The number of carbonyl (C=O) groups is 1. The Kier molecular flexibility index (Phi) is 3.37. The standard InChI is InChI=1S/C14H10F2O2/c1-18-11-4-2-9(3-5-11)12-7-14(16)13(15)6-10(12)8-17/h2-8H,1H3. The first-order chi connectivity index (χ1) is 8.65. The van der Waals surface area contributed by atoms with Gasteiger partial charge < -0.3 is 4.74 Å². The average Bonchev–Trinajstić information content (AvgIpc) is 2.41.